The molecule has 2 aromatic heterocycles. The van der Waals surface area contributed by atoms with Crippen LogP contribution in [0.4, 0.5) is 5.69 Å². The Morgan fingerprint density at radius 2 is 2.24 bits per heavy atom. The minimum Gasteiger partial charge on any atom is -0.477 e. The molecular weight excluding hydrogens is 418 g/mol. The maximum absolute atomic E-state index is 12.9. The number of nitro benzene ring substituents is 1. The van der Waals surface area contributed by atoms with Gasteiger partial charge in [-0.1, -0.05) is 17.7 Å². The van der Waals surface area contributed by atoms with E-state index in [9.17, 15) is 14.9 Å². The minimum absolute atomic E-state index is 0.0325. The number of nitrogens with zero attached hydrogens (tertiary/aromatic N) is 3. The number of hydrogen-bond donors (Lipinski definition) is 0. The molecule has 8 nitrogen and oxygen atoms in total. The lowest BCUT2D eigenvalue weighted by molar-refractivity contribution is -0.385. The van der Waals surface area contributed by atoms with Crippen LogP contribution in [0, 0.1) is 10.1 Å². The first-order chi connectivity index (χ1) is 14.0. The van der Waals surface area contributed by atoms with Crippen molar-refractivity contribution in [2.24, 2.45) is 5.10 Å². The SMILES string of the molecule is O=C(COc1ccc(Cl)cc1[N+](=O)[O-])N1N=C(c2ccco2)CC1c1cccs1. The predicted molar refractivity (Wildman–Crippen MR) is 107 cm³/mol. The normalized spacial score (nSPS) is 16.0. The standard InChI is InChI=1S/C19H14ClN3O5S/c20-12-5-6-17(14(9-12)23(25)26)28-11-19(24)22-15(18-4-2-8-29-18)10-13(21-22)16-3-1-7-27-16/h1-9,15H,10-11H2. The smallest absolute Gasteiger partial charge is 0.312 e. The minimum atomic E-state index is -0.608. The molecule has 4 rings (SSSR count). The Morgan fingerprint density at radius 1 is 1.38 bits per heavy atom. The van der Waals surface area contributed by atoms with Crippen LogP contribution in [-0.2, 0) is 4.79 Å². The summed E-state index contributed by atoms with van der Waals surface area (Å²) in [5.41, 5.74) is 0.348. The Balaban J connectivity index is 1.55. The van der Waals surface area contributed by atoms with Crippen molar-refractivity contribution in [2.75, 3.05) is 6.61 Å². The number of hydrogen-bond acceptors (Lipinski definition) is 7. The number of carbonyl (C=O) groups is 1. The number of furan rings is 1. The van der Waals surface area contributed by atoms with Crippen molar-refractivity contribution >= 4 is 40.2 Å². The van der Waals surface area contributed by atoms with Gasteiger partial charge in [-0.2, -0.15) is 5.10 Å². The molecule has 1 atom stereocenters. The predicted octanol–water partition coefficient (Wildman–Crippen LogP) is 4.66. The maximum Gasteiger partial charge on any atom is 0.312 e. The van der Waals surface area contributed by atoms with Crippen LogP contribution in [0.25, 0.3) is 0 Å². The average molecular weight is 432 g/mol. The van der Waals surface area contributed by atoms with E-state index in [2.05, 4.69) is 5.10 Å². The Morgan fingerprint density at radius 3 is 2.93 bits per heavy atom. The van der Waals surface area contributed by atoms with E-state index >= 15 is 0 Å². The second-order valence-electron chi connectivity index (χ2n) is 6.16. The summed E-state index contributed by atoms with van der Waals surface area (Å²) in [5.74, 6) is 0.139. The van der Waals surface area contributed by atoms with Crippen LogP contribution in [0.15, 0.2) is 63.6 Å². The van der Waals surface area contributed by atoms with Crippen LogP contribution in [0.2, 0.25) is 5.02 Å². The van der Waals surface area contributed by atoms with E-state index in [-0.39, 0.29) is 22.5 Å². The van der Waals surface area contributed by atoms with Crippen LogP contribution >= 0.6 is 22.9 Å². The van der Waals surface area contributed by atoms with Gasteiger partial charge < -0.3 is 9.15 Å². The van der Waals surface area contributed by atoms with Gasteiger partial charge in [-0.05, 0) is 35.7 Å². The summed E-state index contributed by atoms with van der Waals surface area (Å²) in [4.78, 5) is 24.4. The number of ether oxygens (including phenoxy) is 1. The van der Waals surface area contributed by atoms with Gasteiger partial charge in [0.25, 0.3) is 5.91 Å². The van der Waals surface area contributed by atoms with E-state index in [1.54, 1.807) is 18.4 Å². The van der Waals surface area contributed by atoms with Crippen LogP contribution in [0.1, 0.15) is 23.1 Å². The molecule has 3 aromatic rings. The highest BCUT2D eigenvalue weighted by molar-refractivity contribution is 7.10. The van der Waals surface area contributed by atoms with Crippen molar-refractivity contribution < 1.29 is 18.9 Å². The number of carbonyl (C=O) groups excluding carboxylic acids is 1. The third kappa shape index (κ3) is 4.01. The van der Waals surface area contributed by atoms with E-state index in [1.165, 1.54) is 34.5 Å². The van der Waals surface area contributed by atoms with Crippen LogP contribution < -0.4 is 4.74 Å². The fraction of sp³-hybridized carbons (Fsp3) is 0.158. The van der Waals surface area contributed by atoms with E-state index in [1.807, 2.05) is 17.5 Å². The summed E-state index contributed by atoms with van der Waals surface area (Å²) in [6.45, 7) is -0.403. The van der Waals surface area contributed by atoms with Crippen molar-refractivity contribution in [3.63, 3.8) is 0 Å². The fourth-order valence-corrected chi connectivity index (χ4v) is 3.97. The topological polar surface area (TPSA) is 98.2 Å². The molecule has 1 aliphatic rings. The van der Waals surface area contributed by atoms with Gasteiger partial charge in [0.2, 0.25) is 0 Å². The molecule has 1 amide bonds. The van der Waals surface area contributed by atoms with Gasteiger partial charge in [-0.3, -0.25) is 14.9 Å². The average Bonchev–Trinajstić information content (AvgIpc) is 3.47. The third-order valence-electron chi connectivity index (χ3n) is 4.31. The van der Waals surface area contributed by atoms with E-state index in [0.717, 1.165) is 4.88 Å². The monoisotopic (exact) mass is 431 g/mol. The Hall–Kier alpha value is -3.17. The largest absolute Gasteiger partial charge is 0.477 e. The molecule has 3 heterocycles. The summed E-state index contributed by atoms with van der Waals surface area (Å²) < 4.78 is 10.8. The summed E-state index contributed by atoms with van der Waals surface area (Å²) in [7, 11) is 0. The third-order valence-corrected chi connectivity index (χ3v) is 5.52. The van der Waals surface area contributed by atoms with Gasteiger partial charge in [0, 0.05) is 22.4 Å². The maximum atomic E-state index is 12.9. The summed E-state index contributed by atoms with van der Waals surface area (Å²) in [5, 5.41) is 19.1. The zero-order chi connectivity index (χ0) is 20.4. The van der Waals surface area contributed by atoms with Crippen molar-refractivity contribution in [3.8, 4) is 5.75 Å². The zero-order valence-corrected chi connectivity index (χ0v) is 16.4. The molecule has 1 aliphatic heterocycles. The number of halogens is 1. The molecule has 29 heavy (non-hydrogen) atoms. The van der Waals surface area contributed by atoms with Gasteiger partial charge >= 0.3 is 5.69 Å². The van der Waals surface area contributed by atoms with Gasteiger partial charge in [-0.25, -0.2) is 5.01 Å². The van der Waals surface area contributed by atoms with Crippen LogP contribution in [-0.4, -0.2) is 28.2 Å². The van der Waals surface area contributed by atoms with Gasteiger partial charge in [-0.15, -0.1) is 11.3 Å². The Bertz CT molecular complexity index is 1070. The number of amides is 1. The van der Waals surface area contributed by atoms with Crippen LogP contribution in [0.5, 0.6) is 5.75 Å². The molecule has 0 saturated carbocycles. The van der Waals surface area contributed by atoms with Gasteiger partial charge in [0.15, 0.2) is 12.4 Å². The molecule has 0 saturated heterocycles. The van der Waals surface area contributed by atoms with Crippen molar-refractivity contribution in [1.29, 1.82) is 0 Å². The fourth-order valence-electron chi connectivity index (χ4n) is 3.00. The molecule has 0 N–H and O–H groups in total. The van der Waals surface area contributed by atoms with Crippen LogP contribution in [0.3, 0.4) is 0 Å². The molecule has 1 unspecified atom stereocenters. The molecule has 0 bridgehead atoms. The molecule has 0 aliphatic carbocycles. The molecule has 0 fully saturated rings. The molecule has 0 spiro atoms. The highest BCUT2D eigenvalue weighted by atomic mass is 35.5. The highest BCUT2D eigenvalue weighted by Gasteiger charge is 2.35. The van der Waals surface area contributed by atoms with E-state index < -0.39 is 17.4 Å². The number of rotatable bonds is 6. The first-order valence-corrected chi connectivity index (χ1v) is 9.82. The van der Waals surface area contributed by atoms with Gasteiger partial charge in [0.1, 0.15) is 11.5 Å². The van der Waals surface area contributed by atoms with Gasteiger partial charge in [0.05, 0.1) is 17.2 Å². The lowest BCUT2D eigenvalue weighted by atomic mass is 10.1. The lowest BCUT2D eigenvalue weighted by Crippen LogP contribution is -2.31. The molecular formula is C19H14ClN3O5S. The van der Waals surface area contributed by atoms with Crippen molar-refractivity contribution in [3.05, 3.63) is 79.9 Å². The molecule has 148 valence electrons. The first-order valence-electron chi connectivity index (χ1n) is 8.56. The molecule has 0 radical (unpaired) electrons. The second kappa shape index (κ2) is 8.06. The number of nitro groups is 1. The molecule has 10 heteroatoms. The quantitative estimate of drug-likeness (QED) is 0.417. The van der Waals surface area contributed by atoms with E-state index in [0.29, 0.717) is 17.9 Å². The lowest BCUT2D eigenvalue weighted by Gasteiger charge is -2.20. The number of hydrazone groups is 1. The summed E-state index contributed by atoms with van der Waals surface area (Å²) in [6, 6.07) is 11.1. The Labute approximate surface area is 174 Å². The Kier molecular flexibility index (Phi) is 5.32. The summed E-state index contributed by atoms with van der Waals surface area (Å²) >= 11 is 7.33. The number of benzene rings is 1. The highest BCUT2D eigenvalue weighted by Crippen LogP contribution is 2.36. The van der Waals surface area contributed by atoms with Crippen molar-refractivity contribution in [1.82, 2.24) is 5.01 Å². The second-order valence-corrected chi connectivity index (χ2v) is 7.57. The summed E-state index contributed by atoms with van der Waals surface area (Å²) in [6.07, 6.45) is 2.05. The number of thiophene rings is 1. The zero-order valence-electron chi connectivity index (χ0n) is 14.9. The first kappa shape index (κ1) is 19.2. The van der Waals surface area contributed by atoms with E-state index in [4.69, 9.17) is 20.8 Å². The van der Waals surface area contributed by atoms with Crippen molar-refractivity contribution in [2.45, 2.75) is 12.5 Å². The molecule has 1 aromatic carbocycles.